The maximum absolute atomic E-state index is 13.8. The van der Waals surface area contributed by atoms with Gasteiger partial charge in [-0.15, -0.1) is 0 Å². The number of halogens is 1. The van der Waals surface area contributed by atoms with Crippen LogP contribution in [0.5, 0.6) is 0 Å². The van der Waals surface area contributed by atoms with Gasteiger partial charge in [0.15, 0.2) is 5.82 Å². The summed E-state index contributed by atoms with van der Waals surface area (Å²) in [6, 6.07) is 5.09. The minimum absolute atomic E-state index is 0.388. The zero-order valence-electron chi connectivity index (χ0n) is 9.86. The number of nitrogens with two attached hydrogens (primary N) is 1. The highest BCUT2D eigenvalue weighted by atomic mass is 19.1. The van der Waals surface area contributed by atoms with Gasteiger partial charge < -0.3 is 5.73 Å². The van der Waals surface area contributed by atoms with Crippen molar-refractivity contribution in [2.24, 2.45) is 0 Å². The number of nitrogen functional groups attached to an aromatic ring is 1. The van der Waals surface area contributed by atoms with Crippen molar-refractivity contribution in [3.8, 4) is 16.9 Å². The topological polar surface area (TPSA) is 69.6 Å². The minimum Gasteiger partial charge on any atom is -0.384 e. The lowest BCUT2D eigenvalue weighted by molar-refractivity contribution is 0.612. The highest BCUT2D eigenvalue weighted by Gasteiger charge is 2.10. The summed E-state index contributed by atoms with van der Waals surface area (Å²) < 4.78 is 15.4. The molecule has 3 heterocycles. The van der Waals surface area contributed by atoms with Crippen LogP contribution in [0.2, 0.25) is 0 Å². The second-order valence-corrected chi connectivity index (χ2v) is 3.95. The average Bonchev–Trinajstić information content (AvgIpc) is 2.89. The molecule has 3 aromatic heterocycles. The van der Waals surface area contributed by atoms with Crippen molar-refractivity contribution in [1.29, 1.82) is 0 Å². The van der Waals surface area contributed by atoms with Gasteiger partial charge in [0.1, 0.15) is 5.82 Å². The maximum Gasteiger partial charge on any atom is 0.165 e. The van der Waals surface area contributed by atoms with Crippen LogP contribution in [-0.2, 0) is 0 Å². The summed E-state index contributed by atoms with van der Waals surface area (Å²) in [7, 11) is 0. The fourth-order valence-electron chi connectivity index (χ4n) is 1.82. The number of imidazole rings is 1. The number of hydrogen-bond donors (Lipinski definition) is 1. The Balaban J connectivity index is 2.13. The Kier molecular flexibility index (Phi) is 2.68. The van der Waals surface area contributed by atoms with Gasteiger partial charge in [0.05, 0.1) is 30.1 Å². The van der Waals surface area contributed by atoms with Crippen molar-refractivity contribution < 1.29 is 4.39 Å². The first kappa shape index (κ1) is 11.3. The smallest absolute Gasteiger partial charge is 0.165 e. The van der Waals surface area contributed by atoms with Crippen molar-refractivity contribution in [2.45, 2.75) is 0 Å². The molecular formula is C13H10FN5. The van der Waals surface area contributed by atoms with Gasteiger partial charge in [-0.1, -0.05) is 0 Å². The summed E-state index contributed by atoms with van der Waals surface area (Å²) in [4.78, 5) is 11.8. The molecule has 2 N–H and O–H groups in total. The molecule has 6 heteroatoms. The first-order valence-corrected chi connectivity index (χ1v) is 5.60. The molecule has 3 rings (SSSR count). The number of hydrogen-bond acceptors (Lipinski definition) is 4. The lowest BCUT2D eigenvalue weighted by Crippen LogP contribution is -1.99. The van der Waals surface area contributed by atoms with Gasteiger partial charge in [0.2, 0.25) is 0 Å². The normalized spacial score (nSPS) is 10.6. The fraction of sp³-hybridized carbons (Fsp3) is 0. The monoisotopic (exact) mass is 255 g/mol. The van der Waals surface area contributed by atoms with E-state index in [4.69, 9.17) is 5.73 Å². The molecule has 0 saturated carbocycles. The second-order valence-electron chi connectivity index (χ2n) is 3.95. The van der Waals surface area contributed by atoms with E-state index in [0.717, 1.165) is 11.3 Å². The van der Waals surface area contributed by atoms with E-state index in [1.54, 1.807) is 35.4 Å². The van der Waals surface area contributed by atoms with Crippen LogP contribution < -0.4 is 5.73 Å². The van der Waals surface area contributed by atoms with E-state index >= 15 is 0 Å². The van der Waals surface area contributed by atoms with Crippen molar-refractivity contribution in [3.63, 3.8) is 0 Å². The number of pyridine rings is 2. The van der Waals surface area contributed by atoms with E-state index in [9.17, 15) is 4.39 Å². The average molecular weight is 255 g/mol. The van der Waals surface area contributed by atoms with Crippen molar-refractivity contribution in [2.75, 3.05) is 5.73 Å². The van der Waals surface area contributed by atoms with E-state index in [-0.39, 0.29) is 0 Å². The molecule has 0 aliphatic heterocycles. The number of rotatable bonds is 2. The maximum atomic E-state index is 13.8. The van der Waals surface area contributed by atoms with Crippen LogP contribution in [0.4, 0.5) is 10.2 Å². The number of anilines is 1. The van der Waals surface area contributed by atoms with Crippen LogP contribution in [0.1, 0.15) is 0 Å². The lowest BCUT2D eigenvalue weighted by Gasteiger charge is -2.08. The van der Waals surface area contributed by atoms with Gasteiger partial charge in [0.25, 0.3) is 0 Å². The van der Waals surface area contributed by atoms with Crippen molar-refractivity contribution >= 4 is 5.82 Å². The first-order chi connectivity index (χ1) is 9.25. The predicted molar refractivity (Wildman–Crippen MR) is 69.0 cm³/mol. The molecule has 0 radical (unpaired) electrons. The zero-order valence-corrected chi connectivity index (χ0v) is 9.86. The third kappa shape index (κ3) is 2.03. The standard InChI is InChI=1S/C13H10FN5/c14-10-6-16-4-3-11(10)19-8-17-7-12(19)9-1-2-13(15)18-5-9/h1-8H,(H2,15,18). The highest BCUT2D eigenvalue weighted by molar-refractivity contribution is 5.61. The summed E-state index contributed by atoms with van der Waals surface area (Å²) in [5.74, 6) is 0.0232. The Morgan fingerprint density at radius 2 is 1.95 bits per heavy atom. The van der Waals surface area contributed by atoms with Gasteiger partial charge >= 0.3 is 0 Å². The molecule has 0 aliphatic rings. The van der Waals surface area contributed by atoms with Crippen molar-refractivity contribution in [3.05, 3.63) is 55.1 Å². The van der Waals surface area contributed by atoms with Gasteiger partial charge in [-0.3, -0.25) is 9.55 Å². The number of nitrogens with zero attached hydrogens (tertiary/aromatic N) is 4. The number of aromatic nitrogens is 4. The van der Waals surface area contributed by atoms with E-state index in [1.807, 2.05) is 6.07 Å². The van der Waals surface area contributed by atoms with E-state index in [0.29, 0.717) is 11.5 Å². The first-order valence-electron chi connectivity index (χ1n) is 5.60. The summed E-state index contributed by atoms with van der Waals surface area (Å²) in [5, 5.41) is 0. The molecule has 94 valence electrons. The molecule has 19 heavy (non-hydrogen) atoms. The van der Waals surface area contributed by atoms with Gasteiger partial charge in [-0.05, 0) is 18.2 Å². The summed E-state index contributed by atoms with van der Waals surface area (Å²) in [6.07, 6.45) is 7.52. The van der Waals surface area contributed by atoms with Gasteiger partial charge in [-0.25, -0.2) is 14.4 Å². The minimum atomic E-state index is -0.412. The Bertz CT molecular complexity index is 705. The quantitative estimate of drug-likeness (QED) is 0.760. The van der Waals surface area contributed by atoms with Crippen LogP contribution in [0.15, 0.2) is 49.3 Å². The molecule has 0 unspecified atom stereocenters. The Morgan fingerprint density at radius 3 is 2.68 bits per heavy atom. The molecular weight excluding hydrogens is 245 g/mol. The van der Waals surface area contributed by atoms with Crippen LogP contribution in [0.3, 0.4) is 0 Å². The molecule has 0 saturated heterocycles. The van der Waals surface area contributed by atoms with Gasteiger partial charge in [-0.2, -0.15) is 0 Å². The molecule has 0 atom stereocenters. The van der Waals surface area contributed by atoms with Crippen LogP contribution in [0.25, 0.3) is 16.9 Å². The van der Waals surface area contributed by atoms with Crippen LogP contribution >= 0.6 is 0 Å². The third-order valence-electron chi connectivity index (χ3n) is 2.73. The molecule has 5 nitrogen and oxygen atoms in total. The van der Waals surface area contributed by atoms with Crippen molar-refractivity contribution in [1.82, 2.24) is 19.5 Å². The summed E-state index contributed by atoms with van der Waals surface area (Å²) >= 11 is 0. The molecule has 0 amide bonds. The van der Waals surface area contributed by atoms with E-state index < -0.39 is 5.82 Å². The Hall–Kier alpha value is -2.76. The molecule has 0 spiro atoms. The highest BCUT2D eigenvalue weighted by Crippen LogP contribution is 2.23. The summed E-state index contributed by atoms with van der Waals surface area (Å²) in [6.45, 7) is 0. The summed E-state index contributed by atoms with van der Waals surface area (Å²) in [5.41, 5.74) is 7.48. The fourth-order valence-corrected chi connectivity index (χ4v) is 1.82. The lowest BCUT2D eigenvalue weighted by atomic mass is 10.2. The van der Waals surface area contributed by atoms with Crippen LogP contribution in [0, 0.1) is 5.82 Å². The molecule has 0 aliphatic carbocycles. The van der Waals surface area contributed by atoms with E-state index in [2.05, 4.69) is 15.0 Å². The Morgan fingerprint density at radius 1 is 1.05 bits per heavy atom. The molecule has 0 fully saturated rings. The zero-order chi connectivity index (χ0) is 13.2. The largest absolute Gasteiger partial charge is 0.384 e. The third-order valence-corrected chi connectivity index (χ3v) is 2.73. The van der Waals surface area contributed by atoms with E-state index in [1.165, 1.54) is 12.4 Å². The molecule has 3 aromatic rings. The molecule has 0 aromatic carbocycles. The van der Waals surface area contributed by atoms with Gasteiger partial charge in [0, 0.05) is 18.0 Å². The second kappa shape index (κ2) is 4.49. The van der Waals surface area contributed by atoms with Crippen LogP contribution in [-0.4, -0.2) is 19.5 Å². The molecule has 0 bridgehead atoms. The predicted octanol–water partition coefficient (Wildman–Crippen LogP) is 2.05. The Labute approximate surface area is 108 Å². The SMILES string of the molecule is Nc1ccc(-c2cncn2-c2ccncc2F)cn1.